The molecule has 1 unspecified atom stereocenters. The molecule has 1 aromatic rings. The van der Waals surface area contributed by atoms with Gasteiger partial charge < -0.3 is 5.32 Å². The number of benzene rings is 1. The quantitative estimate of drug-likeness (QED) is 0.755. The van der Waals surface area contributed by atoms with Crippen LogP contribution in [0.15, 0.2) is 30.3 Å². The summed E-state index contributed by atoms with van der Waals surface area (Å²) in [5.74, 6) is 1.20. The van der Waals surface area contributed by atoms with Gasteiger partial charge in [0.1, 0.15) is 0 Å². The topological polar surface area (TPSA) is 12.0 Å². The normalized spacial score (nSPS) is 12.9. The maximum Gasteiger partial charge on any atom is 0.0198 e. The molecule has 96 valence electrons. The van der Waals surface area contributed by atoms with Gasteiger partial charge in [-0.3, -0.25) is 0 Å². The smallest absolute Gasteiger partial charge is 0.0198 e. The van der Waals surface area contributed by atoms with Crippen LogP contribution in [0, 0.1) is 0 Å². The minimum atomic E-state index is 0.602. The molecule has 0 aliphatic rings. The zero-order chi connectivity index (χ0) is 12.5. The first-order valence-corrected chi connectivity index (χ1v) is 7.66. The van der Waals surface area contributed by atoms with Crippen molar-refractivity contribution in [2.75, 3.05) is 12.3 Å². The van der Waals surface area contributed by atoms with Gasteiger partial charge in [0.15, 0.2) is 0 Å². The molecule has 1 rings (SSSR count). The molecule has 0 radical (unpaired) electrons. The van der Waals surface area contributed by atoms with E-state index in [0.29, 0.717) is 6.04 Å². The number of thioether (sulfide) groups is 1. The maximum absolute atomic E-state index is 3.65. The second-order valence-corrected chi connectivity index (χ2v) is 6.33. The van der Waals surface area contributed by atoms with Crippen molar-refractivity contribution in [2.45, 2.75) is 44.9 Å². The SMILES string of the molecule is CCCNC(CSC(C)C)Cc1ccccc1. The molecule has 1 atom stereocenters. The fourth-order valence-electron chi connectivity index (χ4n) is 1.75. The molecule has 0 aromatic heterocycles. The van der Waals surface area contributed by atoms with E-state index in [1.807, 2.05) is 11.8 Å². The lowest BCUT2D eigenvalue weighted by atomic mass is 10.1. The molecule has 1 N–H and O–H groups in total. The van der Waals surface area contributed by atoms with Gasteiger partial charge >= 0.3 is 0 Å². The van der Waals surface area contributed by atoms with Gasteiger partial charge in [0.25, 0.3) is 0 Å². The molecule has 2 heteroatoms. The predicted molar refractivity (Wildman–Crippen MR) is 79.8 cm³/mol. The first-order valence-electron chi connectivity index (χ1n) is 6.61. The van der Waals surface area contributed by atoms with Crippen LogP contribution >= 0.6 is 11.8 Å². The van der Waals surface area contributed by atoms with Gasteiger partial charge in [-0.1, -0.05) is 51.1 Å². The summed E-state index contributed by atoms with van der Waals surface area (Å²) in [6.45, 7) is 7.88. The van der Waals surface area contributed by atoms with Crippen LogP contribution in [-0.2, 0) is 6.42 Å². The molecule has 0 heterocycles. The molecule has 0 bridgehead atoms. The van der Waals surface area contributed by atoms with Gasteiger partial charge in [-0.05, 0) is 30.2 Å². The largest absolute Gasteiger partial charge is 0.313 e. The number of rotatable bonds is 8. The third kappa shape index (κ3) is 6.75. The van der Waals surface area contributed by atoms with Crippen molar-refractivity contribution in [3.63, 3.8) is 0 Å². The summed E-state index contributed by atoms with van der Waals surface area (Å²) in [5.41, 5.74) is 1.44. The molecule has 0 spiro atoms. The third-order valence-corrected chi connectivity index (χ3v) is 3.90. The Balaban J connectivity index is 2.44. The van der Waals surface area contributed by atoms with Crippen LogP contribution in [-0.4, -0.2) is 23.6 Å². The maximum atomic E-state index is 3.65. The first-order chi connectivity index (χ1) is 8.22. The summed E-state index contributed by atoms with van der Waals surface area (Å²) >= 11 is 2.05. The third-order valence-electron chi connectivity index (χ3n) is 2.64. The van der Waals surface area contributed by atoms with Gasteiger partial charge in [0.05, 0.1) is 0 Å². The average molecular weight is 251 g/mol. The Labute approximate surface area is 110 Å². The van der Waals surface area contributed by atoms with Gasteiger partial charge in [-0.15, -0.1) is 0 Å². The zero-order valence-electron chi connectivity index (χ0n) is 11.3. The van der Waals surface area contributed by atoms with Crippen LogP contribution in [0.1, 0.15) is 32.8 Å². The molecule has 0 fully saturated rings. The van der Waals surface area contributed by atoms with Crippen molar-refractivity contribution in [2.24, 2.45) is 0 Å². The highest BCUT2D eigenvalue weighted by molar-refractivity contribution is 7.99. The molecule has 0 aliphatic carbocycles. The van der Waals surface area contributed by atoms with Gasteiger partial charge in [0.2, 0.25) is 0 Å². The molecule has 1 nitrogen and oxygen atoms in total. The Morgan fingerprint density at radius 1 is 1.18 bits per heavy atom. The Bertz CT molecular complexity index is 284. The average Bonchev–Trinajstić information content (AvgIpc) is 2.34. The van der Waals surface area contributed by atoms with Gasteiger partial charge in [-0.25, -0.2) is 0 Å². The molecule has 0 saturated heterocycles. The van der Waals surface area contributed by atoms with Crippen LogP contribution in [0.4, 0.5) is 0 Å². The fraction of sp³-hybridized carbons (Fsp3) is 0.600. The summed E-state index contributed by atoms with van der Waals surface area (Å²) in [7, 11) is 0. The molecule has 1 aromatic carbocycles. The second kappa shape index (κ2) is 8.60. The zero-order valence-corrected chi connectivity index (χ0v) is 12.1. The van der Waals surface area contributed by atoms with Crippen LogP contribution in [0.3, 0.4) is 0 Å². The van der Waals surface area contributed by atoms with Crippen molar-refractivity contribution >= 4 is 11.8 Å². The number of hydrogen-bond donors (Lipinski definition) is 1. The Kier molecular flexibility index (Phi) is 7.38. The minimum absolute atomic E-state index is 0.602. The van der Waals surface area contributed by atoms with E-state index >= 15 is 0 Å². The molecule has 17 heavy (non-hydrogen) atoms. The van der Waals surface area contributed by atoms with Crippen molar-refractivity contribution in [3.05, 3.63) is 35.9 Å². The lowest BCUT2D eigenvalue weighted by molar-refractivity contribution is 0.550. The van der Waals surface area contributed by atoms with Gasteiger partial charge in [-0.2, -0.15) is 11.8 Å². The first kappa shape index (κ1) is 14.6. The number of hydrogen-bond acceptors (Lipinski definition) is 2. The van der Waals surface area contributed by atoms with E-state index in [9.17, 15) is 0 Å². The highest BCUT2D eigenvalue weighted by Crippen LogP contribution is 2.13. The summed E-state index contributed by atoms with van der Waals surface area (Å²) in [4.78, 5) is 0. The van der Waals surface area contributed by atoms with Crippen LogP contribution in [0.2, 0.25) is 0 Å². The highest BCUT2D eigenvalue weighted by atomic mass is 32.2. The van der Waals surface area contributed by atoms with Crippen molar-refractivity contribution in [3.8, 4) is 0 Å². The van der Waals surface area contributed by atoms with E-state index in [1.165, 1.54) is 17.7 Å². The van der Waals surface area contributed by atoms with Crippen LogP contribution in [0.5, 0.6) is 0 Å². The van der Waals surface area contributed by atoms with Crippen molar-refractivity contribution in [1.82, 2.24) is 5.32 Å². The van der Waals surface area contributed by atoms with Gasteiger partial charge in [0, 0.05) is 11.8 Å². The van der Waals surface area contributed by atoms with E-state index in [4.69, 9.17) is 0 Å². The summed E-state index contributed by atoms with van der Waals surface area (Å²) in [6, 6.07) is 11.4. The Hall–Kier alpha value is -0.470. The molecule has 0 amide bonds. The molecule has 0 saturated carbocycles. The second-order valence-electron chi connectivity index (χ2n) is 4.72. The summed E-state index contributed by atoms with van der Waals surface area (Å²) < 4.78 is 0. The van der Waals surface area contributed by atoms with E-state index in [1.54, 1.807) is 0 Å². The summed E-state index contributed by atoms with van der Waals surface area (Å²) in [6.07, 6.45) is 2.35. The molecular weight excluding hydrogens is 226 g/mol. The summed E-state index contributed by atoms with van der Waals surface area (Å²) in [5, 5.41) is 4.37. The molecule has 0 aliphatic heterocycles. The number of nitrogens with one attached hydrogen (secondary N) is 1. The highest BCUT2D eigenvalue weighted by Gasteiger charge is 2.09. The minimum Gasteiger partial charge on any atom is -0.313 e. The lowest BCUT2D eigenvalue weighted by Gasteiger charge is -2.19. The predicted octanol–water partition coefficient (Wildman–Crippen LogP) is 3.74. The fourth-order valence-corrected chi connectivity index (χ4v) is 2.60. The van der Waals surface area contributed by atoms with E-state index in [2.05, 4.69) is 56.4 Å². The lowest BCUT2D eigenvalue weighted by Crippen LogP contribution is -2.34. The van der Waals surface area contributed by atoms with Crippen LogP contribution in [0.25, 0.3) is 0 Å². The standard InChI is InChI=1S/C15H25NS/c1-4-10-16-15(12-17-13(2)3)11-14-8-6-5-7-9-14/h5-9,13,15-16H,4,10-12H2,1-3H3. The molecular formula is C15H25NS. The van der Waals surface area contributed by atoms with Crippen molar-refractivity contribution < 1.29 is 0 Å². The Morgan fingerprint density at radius 3 is 2.47 bits per heavy atom. The van der Waals surface area contributed by atoms with E-state index in [-0.39, 0.29) is 0 Å². The Morgan fingerprint density at radius 2 is 1.88 bits per heavy atom. The van der Waals surface area contributed by atoms with E-state index in [0.717, 1.165) is 18.2 Å². The van der Waals surface area contributed by atoms with Crippen LogP contribution < -0.4 is 5.32 Å². The van der Waals surface area contributed by atoms with Crippen molar-refractivity contribution in [1.29, 1.82) is 0 Å². The van der Waals surface area contributed by atoms with E-state index < -0.39 is 0 Å². The monoisotopic (exact) mass is 251 g/mol.